The maximum Gasteiger partial charge on any atom is 0.190 e. The molecule has 2 rings (SSSR count). The topological polar surface area (TPSA) is 54.4 Å². The molecule has 0 amide bonds. The average Bonchev–Trinajstić information content (AvgIpc) is 3.00. The third-order valence-electron chi connectivity index (χ3n) is 5.56. The smallest absolute Gasteiger partial charge is 0.190 e. The molecule has 23 heavy (non-hydrogen) atoms. The van der Waals surface area contributed by atoms with E-state index < -0.39 is 6.10 Å². The molecule has 0 aliphatic heterocycles. The van der Waals surface area contributed by atoms with Crippen LogP contribution in [0.2, 0.25) is 0 Å². The molecule has 3 atom stereocenters. The monoisotopic (exact) mass is 316 g/mol. The van der Waals surface area contributed by atoms with E-state index in [9.17, 15) is 14.7 Å². The van der Waals surface area contributed by atoms with Crippen molar-refractivity contribution in [1.29, 1.82) is 0 Å². The Balaban J connectivity index is 2.32. The molecule has 3 nitrogen and oxygen atoms in total. The molecule has 0 radical (unpaired) electrons. The van der Waals surface area contributed by atoms with Crippen molar-refractivity contribution >= 4 is 11.6 Å². The predicted molar refractivity (Wildman–Crippen MR) is 91.9 cm³/mol. The van der Waals surface area contributed by atoms with Crippen LogP contribution in [0.15, 0.2) is 34.9 Å². The molecule has 0 aromatic heterocycles. The number of hydrogen-bond acceptors (Lipinski definition) is 3. The number of Topliss-reactive ketones (excluding diaryl/α,β-unsaturated/α-hetero) is 2. The summed E-state index contributed by atoms with van der Waals surface area (Å²) >= 11 is 0. The number of carbonyl (C=O) groups is 2. The van der Waals surface area contributed by atoms with Crippen molar-refractivity contribution in [2.24, 2.45) is 17.3 Å². The number of rotatable bonds is 0. The maximum atomic E-state index is 12.3. The fourth-order valence-electron chi connectivity index (χ4n) is 3.57. The zero-order valence-electron chi connectivity index (χ0n) is 14.8. The molecule has 0 saturated heterocycles. The fraction of sp³-hybridized carbons (Fsp3) is 0.600. The van der Waals surface area contributed by atoms with Crippen LogP contribution in [-0.2, 0) is 9.59 Å². The summed E-state index contributed by atoms with van der Waals surface area (Å²) in [5.74, 6) is 0.602. The quantitative estimate of drug-likeness (QED) is 0.692. The van der Waals surface area contributed by atoms with Gasteiger partial charge >= 0.3 is 0 Å². The predicted octanol–water partition coefficient (Wildman–Crippen LogP) is 3.78. The van der Waals surface area contributed by atoms with Crippen molar-refractivity contribution < 1.29 is 14.7 Å². The van der Waals surface area contributed by atoms with E-state index in [4.69, 9.17) is 0 Å². The van der Waals surface area contributed by atoms with Crippen molar-refractivity contribution in [3.05, 3.63) is 34.9 Å². The lowest BCUT2D eigenvalue weighted by atomic mass is 9.99. The van der Waals surface area contributed by atoms with Gasteiger partial charge in [-0.1, -0.05) is 31.6 Å². The van der Waals surface area contributed by atoms with Crippen molar-refractivity contribution in [3.8, 4) is 0 Å². The molecule has 126 valence electrons. The van der Waals surface area contributed by atoms with Gasteiger partial charge in [-0.25, -0.2) is 0 Å². The van der Waals surface area contributed by atoms with E-state index in [-0.39, 0.29) is 17.0 Å². The summed E-state index contributed by atoms with van der Waals surface area (Å²) in [6.45, 7) is 9.96. The van der Waals surface area contributed by atoms with Crippen LogP contribution in [0.5, 0.6) is 0 Å². The SMILES string of the molecule is C/C1=C/CC(=O)/C(C)=C\C(O)C(=O)/C(C)=C\C2C(CC1)C2(C)C. The minimum absolute atomic E-state index is 0.0421. The minimum atomic E-state index is -1.23. The molecule has 2 aliphatic carbocycles. The Bertz CT molecular complexity index is 604. The summed E-state index contributed by atoms with van der Waals surface area (Å²) in [6, 6.07) is 0. The molecule has 3 unspecified atom stereocenters. The number of ketones is 2. The van der Waals surface area contributed by atoms with Gasteiger partial charge in [-0.05, 0) is 68.1 Å². The van der Waals surface area contributed by atoms with E-state index in [1.165, 1.54) is 11.6 Å². The third kappa shape index (κ3) is 3.89. The number of carbonyl (C=O) groups excluding carboxylic acids is 2. The van der Waals surface area contributed by atoms with E-state index >= 15 is 0 Å². The molecule has 1 N–H and O–H groups in total. The molecule has 1 fully saturated rings. The van der Waals surface area contributed by atoms with Crippen LogP contribution < -0.4 is 0 Å². The van der Waals surface area contributed by atoms with Crippen molar-refractivity contribution in [1.82, 2.24) is 0 Å². The number of fused-ring (bicyclic) bond motifs is 1. The maximum absolute atomic E-state index is 12.3. The second-order valence-electron chi connectivity index (χ2n) is 7.68. The Kier molecular flexibility index (Phi) is 5.10. The first-order valence-electron chi connectivity index (χ1n) is 8.42. The van der Waals surface area contributed by atoms with Crippen LogP contribution in [0.3, 0.4) is 0 Å². The van der Waals surface area contributed by atoms with Gasteiger partial charge in [0.1, 0.15) is 6.10 Å². The van der Waals surface area contributed by atoms with Gasteiger partial charge in [0, 0.05) is 6.42 Å². The van der Waals surface area contributed by atoms with Gasteiger partial charge in [-0.2, -0.15) is 0 Å². The van der Waals surface area contributed by atoms with E-state index in [0.717, 1.165) is 12.8 Å². The Morgan fingerprint density at radius 2 is 1.74 bits per heavy atom. The highest BCUT2D eigenvalue weighted by molar-refractivity contribution is 6.01. The third-order valence-corrected chi connectivity index (χ3v) is 5.56. The van der Waals surface area contributed by atoms with Gasteiger partial charge in [0.15, 0.2) is 11.6 Å². The molecule has 0 spiro atoms. The summed E-state index contributed by atoms with van der Waals surface area (Å²) < 4.78 is 0. The first-order chi connectivity index (χ1) is 10.6. The molecule has 0 aromatic rings. The van der Waals surface area contributed by atoms with Crippen LogP contribution in [-0.4, -0.2) is 22.8 Å². The summed E-state index contributed by atoms with van der Waals surface area (Å²) in [4.78, 5) is 24.4. The van der Waals surface area contributed by atoms with Gasteiger partial charge in [-0.15, -0.1) is 0 Å². The van der Waals surface area contributed by atoms with Crippen molar-refractivity contribution in [2.75, 3.05) is 0 Å². The molecule has 0 heterocycles. The van der Waals surface area contributed by atoms with Gasteiger partial charge in [0.25, 0.3) is 0 Å². The van der Waals surface area contributed by atoms with Crippen molar-refractivity contribution in [3.63, 3.8) is 0 Å². The number of aliphatic hydroxyl groups excluding tert-OH is 1. The lowest BCUT2D eigenvalue weighted by molar-refractivity contribution is -0.121. The average molecular weight is 316 g/mol. The second kappa shape index (κ2) is 6.56. The van der Waals surface area contributed by atoms with Crippen LogP contribution >= 0.6 is 0 Å². The lowest BCUT2D eigenvalue weighted by Crippen LogP contribution is -2.20. The highest BCUT2D eigenvalue weighted by atomic mass is 16.3. The Hall–Kier alpha value is -1.48. The summed E-state index contributed by atoms with van der Waals surface area (Å²) in [5.41, 5.74) is 2.49. The summed E-state index contributed by atoms with van der Waals surface area (Å²) in [7, 11) is 0. The lowest BCUT2D eigenvalue weighted by Gasteiger charge is -2.08. The minimum Gasteiger partial charge on any atom is -0.381 e. The summed E-state index contributed by atoms with van der Waals surface area (Å²) in [5, 5.41) is 10.1. The molecule has 0 bridgehead atoms. The molecule has 2 aliphatic rings. The first-order valence-corrected chi connectivity index (χ1v) is 8.42. The van der Waals surface area contributed by atoms with E-state index in [1.54, 1.807) is 13.8 Å². The van der Waals surface area contributed by atoms with E-state index in [1.807, 2.05) is 12.2 Å². The van der Waals surface area contributed by atoms with Crippen LogP contribution in [0.25, 0.3) is 0 Å². The first kappa shape index (κ1) is 17.9. The molecular weight excluding hydrogens is 288 g/mol. The zero-order chi connectivity index (χ0) is 17.4. The number of allylic oxidation sites excluding steroid dienone is 4. The Morgan fingerprint density at radius 1 is 1.09 bits per heavy atom. The normalized spacial score (nSPS) is 39.0. The Labute approximate surface area is 139 Å². The van der Waals surface area contributed by atoms with E-state index in [0.29, 0.717) is 29.4 Å². The molecular formula is C20H28O3. The van der Waals surface area contributed by atoms with Crippen LogP contribution in [0, 0.1) is 17.3 Å². The van der Waals surface area contributed by atoms with Gasteiger partial charge in [0.05, 0.1) is 0 Å². The highest BCUT2D eigenvalue weighted by Crippen LogP contribution is 2.61. The van der Waals surface area contributed by atoms with Gasteiger partial charge in [-0.3, -0.25) is 9.59 Å². The van der Waals surface area contributed by atoms with Gasteiger partial charge in [0.2, 0.25) is 0 Å². The van der Waals surface area contributed by atoms with E-state index in [2.05, 4.69) is 20.8 Å². The summed E-state index contributed by atoms with van der Waals surface area (Å²) in [6.07, 6.45) is 6.54. The highest BCUT2D eigenvalue weighted by Gasteiger charge is 2.55. The van der Waals surface area contributed by atoms with Gasteiger partial charge < -0.3 is 5.11 Å². The zero-order valence-corrected chi connectivity index (χ0v) is 14.8. The largest absolute Gasteiger partial charge is 0.381 e. The molecule has 1 saturated carbocycles. The molecule has 3 heteroatoms. The van der Waals surface area contributed by atoms with Crippen LogP contribution in [0.1, 0.15) is 53.9 Å². The molecule has 0 aromatic carbocycles. The van der Waals surface area contributed by atoms with Crippen LogP contribution in [0.4, 0.5) is 0 Å². The Morgan fingerprint density at radius 3 is 2.39 bits per heavy atom. The number of hydrogen-bond donors (Lipinski definition) is 1. The number of aliphatic hydroxyl groups is 1. The second-order valence-corrected chi connectivity index (χ2v) is 7.68. The van der Waals surface area contributed by atoms with Crippen molar-refractivity contribution in [2.45, 2.75) is 60.0 Å². The standard InChI is InChI=1S/C20H28O3/c1-12-6-8-15-16(20(15,4)5)10-14(3)19(23)18(22)11-13(2)17(21)9-7-12/h7,10-11,15-16,18,22H,6,8-9H2,1-5H3/b12-7-,13-11-,14-10-. The fourth-order valence-corrected chi connectivity index (χ4v) is 3.57.